The highest BCUT2D eigenvalue weighted by Crippen LogP contribution is 2.21. The second-order valence-electron chi connectivity index (χ2n) is 5.34. The third kappa shape index (κ3) is 4.27. The number of nitrogens with one attached hydrogen (secondary N) is 4. The number of hydrazine groups is 2. The molecule has 2 amide bonds. The van der Waals surface area contributed by atoms with Crippen LogP contribution in [0, 0.1) is 5.82 Å². The van der Waals surface area contributed by atoms with Crippen LogP contribution in [0.3, 0.4) is 0 Å². The van der Waals surface area contributed by atoms with Gasteiger partial charge >= 0.3 is 0 Å². The van der Waals surface area contributed by atoms with Crippen molar-refractivity contribution in [2.75, 3.05) is 16.6 Å². The second-order valence-corrected chi connectivity index (χ2v) is 5.34. The van der Waals surface area contributed by atoms with Gasteiger partial charge < -0.3 is 5.73 Å². The Kier molecular flexibility index (Phi) is 5.55. The summed E-state index contributed by atoms with van der Waals surface area (Å²) < 4.78 is 13.6. The van der Waals surface area contributed by atoms with Crippen LogP contribution in [-0.2, 0) is 0 Å². The first-order valence-electron chi connectivity index (χ1n) is 7.95. The quantitative estimate of drug-likeness (QED) is 0.398. The van der Waals surface area contributed by atoms with Crippen LogP contribution in [0.1, 0.15) is 20.8 Å². The lowest BCUT2D eigenvalue weighted by molar-refractivity contribution is 0.0950. The molecule has 0 bridgehead atoms. The molecule has 0 saturated heterocycles. The van der Waals surface area contributed by atoms with E-state index >= 15 is 0 Å². The topological polar surface area (TPSA) is 147 Å². The third-order valence-electron chi connectivity index (χ3n) is 3.49. The molecule has 11 heteroatoms. The average Bonchev–Trinajstić information content (AvgIpc) is 2.72. The lowest BCUT2D eigenvalue weighted by Gasteiger charge is -2.13. The van der Waals surface area contributed by atoms with Gasteiger partial charge in [-0.1, -0.05) is 18.2 Å². The summed E-state index contributed by atoms with van der Waals surface area (Å²) >= 11 is 0. The summed E-state index contributed by atoms with van der Waals surface area (Å²) in [5.74, 6) is -1.75. The summed E-state index contributed by atoms with van der Waals surface area (Å²) in [7, 11) is 0. The number of hydrogen-bond acceptors (Lipinski definition) is 8. The van der Waals surface area contributed by atoms with E-state index in [4.69, 9.17) is 5.73 Å². The highest BCUT2D eigenvalue weighted by atomic mass is 19.1. The van der Waals surface area contributed by atoms with Crippen LogP contribution in [0.4, 0.5) is 21.7 Å². The smallest absolute Gasteiger partial charge is 0.288 e. The molecular formula is C17H15FN8O2. The monoisotopic (exact) mass is 382 g/mol. The number of halogens is 1. The predicted octanol–water partition coefficient (Wildman–Crippen LogP) is 1.11. The minimum atomic E-state index is -0.714. The predicted molar refractivity (Wildman–Crippen MR) is 99.3 cm³/mol. The molecule has 0 fully saturated rings. The zero-order valence-corrected chi connectivity index (χ0v) is 14.3. The maximum Gasteiger partial charge on any atom is 0.288 e. The molecule has 0 saturated carbocycles. The van der Waals surface area contributed by atoms with Gasteiger partial charge in [0.25, 0.3) is 11.8 Å². The molecule has 2 aromatic heterocycles. The minimum Gasteiger partial charge on any atom is -0.393 e. The fraction of sp³-hybridized carbons (Fsp3) is 0. The fourth-order valence-electron chi connectivity index (χ4n) is 2.10. The number of pyridine rings is 1. The Morgan fingerprint density at radius 3 is 2.14 bits per heavy atom. The van der Waals surface area contributed by atoms with Crippen molar-refractivity contribution in [3.05, 3.63) is 72.1 Å². The molecule has 6 N–H and O–H groups in total. The Balaban J connectivity index is 1.63. The van der Waals surface area contributed by atoms with Crippen LogP contribution < -0.4 is 27.4 Å². The van der Waals surface area contributed by atoms with Crippen molar-refractivity contribution < 1.29 is 14.0 Å². The highest BCUT2D eigenvalue weighted by Gasteiger charge is 2.13. The largest absolute Gasteiger partial charge is 0.393 e. The van der Waals surface area contributed by atoms with Gasteiger partial charge in [-0.25, -0.2) is 14.4 Å². The number of benzene rings is 1. The van der Waals surface area contributed by atoms with Crippen LogP contribution in [0.5, 0.6) is 0 Å². The molecule has 142 valence electrons. The van der Waals surface area contributed by atoms with E-state index in [1.54, 1.807) is 12.1 Å². The normalized spacial score (nSPS) is 10.0. The van der Waals surface area contributed by atoms with Gasteiger partial charge in [-0.2, -0.15) is 0 Å². The first-order valence-corrected chi connectivity index (χ1v) is 7.95. The SMILES string of the molecule is Nc1c(NNC(=O)c2ccccn2)ncnc1NNC(=O)c1ccccc1F. The van der Waals surface area contributed by atoms with E-state index in [9.17, 15) is 14.0 Å². The van der Waals surface area contributed by atoms with E-state index < -0.39 is 17.6 Å². The van der Waals surface area contributed by atoms with Crippen LogP contribution in [0.25, 0.3) is 0 Å². The Hall–Kier alpha value is -4.28. The maximum atomic E-state index is 13.6. The lowest BCUT2D eigenvalue weighted by Crippen LogP contribution is -2.32. The molecule has 10 nitrogen and oxygen atoms in total. The summed E-state index contributed by atoms with van der Waals surface area (Å²) in [6, 6.07) is 10.4. The third-order valence-corrected chi connectivity index (χ3v) is 3.49. The molecule has 0 atom stereocenters. The number of nitrogens with two attached hydrogens (primary N) is 1. The lowest BCUT2D eigenvalue weighted by atomic mass is 10.2. The Bertz CT molecular complexity index is 999. The van der Waals surface area contributed by atoms with Crippen molar-refractivity contribution in [1.29, 1.82) is 0 Å². The highest BCUT2D eigenvalue weighted by molar-refractivity contribution is 5.95. The number of hydrogen-bond donors (Lipinski definition) is 5. The molecular weight excluding hydrogens is 367 g/mol. The molecule has 0 aliphatic rings. The van der Waals surface area contributed by atoms with Crippen LogP contribution in [0.2, 0.25) is 0 Å². The first-order chi connectivity index (χ1) is 13.6. The summed E-state index contributed by atoms with van der Waals surface area (Å²) in [4.78, 5) is 35.7. The van der Waals surface area contributed by atoms with Gasteiger partial charge in [0.2, 0.25) is 0 Å². The number of aromatic nitrogens is 3. The van der Waals surface area contributed by atoms with Gasteiger partial charge in [-0.3, -0.25) is 36.3 Å². The van der Waals surface area contributed by atoms with Gasteiger partial charge in [0.1, 0.15) is 23.5 Å². The standard InChI is InChI=1S/C17H15FN8O2/c18-11-6-2-1-5-10(11)16(27)25-23-14-13(19)15(22-9-21-14)24-26-17(28)12-7-3-4-8-20-12/h1-9H,19H2,(H,25,27)(H,26,28)(H2,21,22,23,24). The summed E-state index contributed by atoms with van der Waals surface area (Å²) in [5, 5.41) is 0. The van der Waals surface area contributed by atoms with Gasteiger partial charge in [-0.05, 0) is 24.3 Å². The van der Waals surface area contributed by atoms with Crippen LogP contribution in [-0.4, -0.2) is 26.8 Å². The van der Waals surface area contributed by atoms with Crippen molar-refractivity contribution in [2.45, 2.75) is 0 Å². The number of carbonyl (C=O) groups excluding carboxylic acids is 2. The molecule has 0 radical (unpaired) electrons. The van der Waals surface area contributed by atoms with Crippen molar-refractivity contribution in [1.82, 2.24) is 25.8 Å². The second kappa shape index (κ2) is 8.40. The Morgan fingerprint density at radius 1 is 0.857 bits per heavy atom. The molecule has 2 heterocycles. The fourth-order valence-corrected chi connectivity index (χ4v) is 2.10. The molecule has 3 aromatic rings. The summed E-state index contributed by atoms with van der Waals surface area (Å²) in [6.45, 7) is 0. The van der Waals surface area contributed by atoms with Crippen LogP contribution in [0.15, 0.2) is 55.0 Å². The molecule has 0 spiro atoms. The van der Waals surface area contributed by atoms with Gasteiger partial charge in [0, 0.05) is 6.20 Å². The van der Waals surface area contributed by atoms with Crippen molar-refractivity contribution in [3.8, 4) is 0 Å². The van der Waals surface area contributed by atoms with Gasteiger partial charge in [0.15, 0.2) is 11.6 Å². The summed E-state index contributed by atoms with van der Waals surface area (Å²) in [6.07, 6.45) is 2.64. The molecule has 0 unspecified atom stereocenters. The van der Waals surface area contributed by atoms with Gasteiger partial charge in [-0.15, -0.1) is 0 Å². The van der Waals surface area contributed by atoms with Crippen molar-refractivity contribution in [2.24, 2.45) is 0 Å². The Morgan fingerprint density at radius 2 is 1.50 bits per heavy atom. The van der Waals surface area contributed by atoms with Crippen molar-refractivity contribution in [3.63, 3.8) is 0 Å². The van der Waals surface area contributed by atoms with E-state index in [1.807, 2.05) is 0 Å². The number of amides is 2. The van der Waals surface area contributed by atoms with E-state index in [1.165, 1.54) is 36.5 Å². The molecule has 1 aromatic carbocycles. The number of rotatable bonds is 6. The number of nitrogens with zero attached hydrogens (tertiary/aromatic N) is 3. The molecule has 3 rings (SSSR count). The minimum absolute atomic E-state index is 0.0117. The van der Waals surface area contributed by atoms with E-state index in [0.717, 1.165) is 6.33 Å². The maximum absolute atomic E-state index is 13.6. The molecule has 0 aliphatic carbocycles. The zero-order chi connectivity index (χ0) is 19.9. The molecule has 28 heavy (non-hydrogen) atoms. The number of anilines is 3. The molecule has 0 aliphatic heterocycles. The van der Waals surface area contributed by atoms with Crippen molar-refractivity contribution >= 4 is 29.1 Å². The first kappa shape index (κ1) is 18.5. The van der Waals surface area contributed by atoms with E-state index in [-0.39, 0.29) is 28.6 Å². The van der Waals surface area contributed by atoms with Crippen LogP contribution >= 0.6 is 0 Å². The van der Waals surface area contributed by atoms with Gasteiger partial charge in [0.05, 0.1) is 5.56 Å². The summed E-state index contributed by atoms with van der Waals surface area (Å²) in [5.41, 5.74) is 15.7. The van der Waals surface area contributed by atoms with E-state index in [0.29, 0.717) is 0 Å². The van der Waals surface area contributed by atoms with E-state index in [2.05, 4.69) is 36.7 Å². The average molecular weight is 382 g/mol. The Labute approximate surface area is 158 Å². The number of carbonyl (C=O) groups is 2. The zero-order valence-electron chi connectivity index (χ0n) is 14.3. The number of nitrogen functional groups attached to an aromatic ring is 1.